The van der Waals surface area contributed by atoms with Crippen LogP contribution in [0.3, 0.4) is 0 Å². The van der Waals surface area contributed by atoms with Crippen molar-refractivity contribution >= 4 is 26.8 Å². The molecular weight excluding hydrogens is 278 g/mol. The first kappa shape index (κ1) is 12.5. The molecule has 1 heterocycles. The third-order valence-electron chi connectivity index (χ3n) is 2.88. The lowest BCUT2D eigenvalue weighted by Crippen LogP contribution is -2.24. The van der Waals surface area contributed by atoms with Gasteiger partial charge in [0, 0.05) is 28.0 Å². The minimum Gasteiger partial charge on any atom is -0.317 e. The maximum Gasteiger partial charge on any atom is 0.130 e. The Morgan fingerprint density at radius 3 is 2.82 bits per heavy atom. The average Bonchev–Trinajstić information content (AvgIpc) is 2.30. The first-order valence-electron chi connectivity index (χ1n) is 5.70. The van der Waals surface area contributed by atoms with Crippen LogP contribution in [-0.4, -0.2) is 23.1 Å². The molecule has 90 valence electrons. The molecule has 0 saturated carbocycles. The molecule has 0 amide bonds. The number of halogens is 1. The molecule has 1 aromatic heterocycles. The summed E-state index contributed by atoms with van der Waals surface area (Å²) in [4.78, 5) is 9.15. The standard InChI is InChI=1S/C13H16BrN3/c1-8(15-3)6-13-16-9(2)11-7-10(14)4-5-12(11)17-13/h4-5,7-8,15H,6H2,1-3H3. The van der Waals surface area contributed by atoms with Gasteiger partial charge in [-0.2, -0.15) is 0 Å². The Hall–Kier alpha value is -1.00. The number of nitrogens with one attached hydrogen (secondary N) is 1. The lowest BCUT2D eigenvalue weighted by molar-refractivity contribution is 0.591. The van der Waals surface area contributed by atoms with E-state index in [2.05, 4.69) is 44.2 Å². The summed E-state index contributed by atoms with van der Waals surface area (Å²) in [7, 11) is 1.95. The normalized spacial score (nSPS) is 12.9. The van der Waals surface area contributed by atoms with E-state index in [0.717, 1.165) is 33.3 Å². The minimum atomic E-state index is 0.391. The van der Waals surface area contributed by atoms with E-state index in [9.17, 15) is 0 Å². The number of aryl methyl sites for hydroxylation is 1. The van der Waals surface area contributed by atoms with Gasteiger partial charge >= 0.3 is 0 Å². The Bertz CT molecular complexity index is 539. The van der Waals surface area contributed by atoms with Crippen LogP contribution in [-0.2, 0) is 6.42 Å². The van der Waals surface area contributed by atoms with Crippen LogP contribution in [0.4, 0.5) is 0 Å². The van der Waals surface area contributed by atoms with E-state index in [-0.39, 0.29) is 0 Å². The summed E-state index contributed by atoms with van der Waals surface area (Å²) < 4.78 is 1.06. The van der Waals surface area contributed by atoms with Crippen LogP contribution in [0.25, 0.3) is 10.9 Å². The van der Waals surface area contributed by atoms with Crippen molar-refractivity contribution in [1.82, 2.24) is 15.3 Å². The SMILES string of the molecule is CNC(C)Cc1nc(C)c2cc(Br)ccc2n1. The molecule has 0 fully saturated rings. The predicted molar refractivity (Wildman–Crippen MR) is 74.2 cm³/mol. The fraction of sp³-hybridized carbons (Fsp3) is 0.385. The van der Waals surface area contributed by atoms with Crippen LogP contribution in [0.2, 0.25) is 0 Å². The first-order valence-corrected chi connectivity index (χ1v) is 6.49. The molecule has 1 unspecified atom stereocenters. The zero-order valence-electron chi connectivity index (χ0n) is 10.3. The minimum absolute atomic E-state index is 0.391. The van der Waals surface area contributed by atoms with Crippen molar-refractivity contribution < 1.29 is 0 Å². The van der Waals surface area contributed by atoms with Crippen LogP contribution in [0, 0.1) is 6.92 Å². The second-order valence-electron chi connectivity index (χ2n) is 4.28. The fourth-order valence-electron chi connectivity index (χ4n) is 1.78. The summed E-state index contributed by atoms with van der Waals surface area (Å²) in [6.45, 7) is 4.16. The van der Waals surface area contributed by atoms with Gasteiger partial charge in [-0.25, -0.2) is 9.97 Å². The van der Waals surface area contributed by atoms with Gasteiger partial charge in [-0.3, -0.25) is 0 Å². The molecule has 17 heavy (non-hydrogen) atoms. The molecule has 1 atom stereocenters. The molecule has 1 N–H and O–H groups in total. The van der Waals surface area contributed by atoms with E-state index in [1.54, 1.807) is 0 Å². The Kier molecular flexibility index (Phi) is 3.74. The molecular formula is C13H16BrN3. The van der Waals surface area contributed by atoms with Crippen LogP contribution in [0.15, 0.2) is 22.7 Å². The molecule has 0 radical (unpaired) electrons. The maximum atomic E-state index is 4.59. The van der Waals surface area contributed by atoms with Gasteiger partial charge < -0.3 is 5.32 Å². The zero-order chi connectivity index (χ0) is 12.4. The van der Waals surface area contributed by atoms with E-state index in [1.807, 2.05) is 26.1 Å². The molecule has 0 spiro atoms. The van der Waals surface area contributed by atoms with Gasteiger partial charge in [-0.05, 0) is 39.1 Å². The van der Waals surface area contributed by atoms with Crippen LogP contribution in [0.5, 0.6) is 0 Å². The van der Waals surface area contributed by atoms with E-state index < -0.39 is 0 Å². The lowest BCUT2D eigenvalue weighted by atomic mass is 10.1. The predicted octanol–water partition coefficient (Wildman–Crippen LogP) is 2.85. The average molecular weight is 294 g/mol. The first-order chi connectivity index (χ1) is 8.10. The number of rotatable bonds is 3. The Morgan fingerprint density at radius 2 is 2.12 bits per heavy atom. The van der Waals surface area contributed by atoms with E-state index in [0.29, 0.717) is 6.04 Å². The molecule has 1 aromatic carbocycles. The van der Waals surface area contributed by atoms with E-state index >= 15 is 0 Å². The molecule has 2 aromatic rings. The van der Waals surface area contributed by atoms with Gasteiger partial charge in [-0.15, -0.1) is 0 Å². The monoisotopic (exact) mass is 293 g/mol. The summed E-state index contributed by atoms with van der Waals surface area (Å²) in [5, 5.41) is 4.31. The molecule has 0 bridgehead atoms. The summed E-state index contributed by atoms with van der Waals surface area (Å²) in [6, 6.07) is 6.50. The highest BCUT2D eigenvalue weighted by Crippen LogP contribution is 2.20. The molecule has 0 aliphatic heterocycles. The van der Waals surface area contributed by atoms with Crippen LogP contribution >= 0.6 is 15.9 Å². The van der Waals surface area contributed by atoms with Crippen molar-refractivity contribution in [2.45, 2.75) is 26.3 Å². The summed E-state index contributed by atoms with van der Waals surface area (Å²) in [6.07, 6.45) is 0.851. The lowest BCUT2D eigenvalue weighted by Gasteiger charge is -2.10. The number of aromatic nitrogens is 2. The van der Waals surface area contributed by atoms with Gasteiger partial charge in [0.05, 0.1) is 5.52 Å². The highest BCUT2D eigenvalue weighted by molar-refractivity contribution is 9.10. The zero-order valence-corrected chi connectivity index (χ0v) is 11.9. The number of nitrogens with zero attached hydrogens (tertiary/aromatic N) is 2. The van der Waals surface area contributed by atoms with Gasteiger partial charge in [0.25, 0.3) is 0 Å². The molecule has 0 aliphatic rings. The Balaban J connectivity index is 2.45. The van der Waals surface area contributed by atoms with E-state index in [4.69, 9.17) is 0 Å². The third-order valence-corrected chi connectivity index (χ3v) is 3.37. The highest BCUT2D eigenvalue weighted by Gasteiger charge is 2.07. The van der Waals surface area contributed by atoms with Crippen molar-refractivity contribution in [2.75, 3.05) is 7.05 Å². The molecule has 3 nitrogen and oxygen atoms in total. The molecule has 2 rings (SSSR count). The van der Waals surface area contributed by atoms with Crippen molar-refractivity contribution in [3.8, 4) is 0 Å². The molecule has 0 aliphatic carbocycles. The molecule has 4 heteroatoms. The maximum absolute atomic E-state index is 4.59. The second kappa shape index (κ2) is 5.10. The van der Waals surface area contributed by atoms with E-state index in [1.165, 1.54) is 0 Å². The van der Waals surface area contributed by atoms with Crippen molar-refractivity contribution in [1.29, 1.82) is 0 Å². The van der Waals surface area contributed by atoms with Crippen LogP contribution < -0.4 is 5.32 Å². The largest absolute Gasteiger partial charge is 0.317 e. The Morgan fingerprint density at radius 1 is 1.35 bits per heavy atom. The number of hydrogen-bond acceptors (Lipinski definition) is 3. The summed E-state index contributed by atoms with van der Waals surface area (Å²) in [5.41, 5.74) is 2.05. The number of likely N-dealkylation sites (N-methyl/N-ethyl adjacent to an activating group) is 1. The number of benzene rings is 1. The van der Waals surface area contributed by atoms with Crippen molar-refractivity contribution in [3.05, 3.63) is 34.2 Å². The van der Waals surface area contributed by atoms with Gasteiger partial charge in [0.2, 0.25) is 0 Å². The van der Waals surface area contributed by atoms with Crippen LogP contribution in [0.1, 0.15) is 18.4 Å². The van der Waals surface area contributed by atoms with Crippen molar-refractivity contribution in [2.24, 2.45) is 0 Å². The summed E-state index contributed by atoms with van der Waals surface area (Å²) >= 11 is 3.47. The third kappa shape index (κ3) is 2.82. The number of hydrogen-bond donors (Lipinski definition) is 1. The fourth-order valence-corrected chi connectivity index (χ4v) is 2.14. The van der Waals surface area contributed by atoms with Gasteiger partial charge in [-0.1, -0.05) is 15.9 Å². The number of fused-ring (bicyclic) bond motifs is 1. The van der Waals surface area contributed by atoms with Crippen molar-refractivity contribution in [3.63, 3.8) is 0 Å². The second-order valence-corrected chi connectivity index (χ2v) is 5.20. The highest BCUT2D eigenvalue weighted by atomic mass is 79.9. The quantitative estimate of drug-likeness (QED) is 0.946. The van der Waals surface area contributed by atoms with Gasteiger partial charge in [0.1, 0.15) is 5.82 Å². The smallest absolute Gasteiger partial charge is 0.130 e. The topological polar surface area (TPSA) is 37.8 Å². The molecule has 0 saturated heterocycles. The summed E-state index contributed by atoms with van der Waals surface area (Å²) in [5.74, 6) is 0.902. The Labute approximate surface area is 110 Å². The van der Waals surface area contributed by atoms with Gasteiger partial charge in [0.15, 0.2) is 0 Å².